The Kier molecular flexibility index (Phi) is 6.19. The molecule has 6 nitrogen and oxygen atoms in total. The molecule has 3 N–H and O–H groups in total. The first-order chi connectivity index (χ1) is 13.4. The van der Waals surface area contributed by atoms with E-state index < -0.39 is 6.10 Å². The van der Waals surface area contributed by atoms with Crippen molar-refractivity contribution in [3.63, 3.8) is 0 Å². The lowest BCUT2D eigenvalue weighted by molar-refractivity contribution is -0.120. The minimum Gasteiger partial charge on any atom is -0.391 e. The fourth-order valence-electron chi connectivity index (χ4n) is 4.20. The topological polar surface area (TPSA) is 83.4 Å². The maximum absolute atomic E-state index is 12.7. The second kappa shape index (κ2) is 8.61. The molecule has 1 aliphatic carbocycles. The second-order valence-electron chi connectivity index (χ2n) is 7.79. The van der Waals surface area contributed by atoms with E-state index in [0.29, 0.717) is 25.1 Å². The standard InChI is InChI=1S/C22H29N3O3/c1-16(26)24-18-10-12-22(13-11-20(18)27,17-7-4-3-5-8-17)15-23-21(28)19-9-6-14-25(19)2/h3-9,14,18,20,27H,10-13,15H2,1-2H3,(H,23,28)(H,24,26)/t18-,20-,22-/m0/s1. The highest BCUT2D eigenvalue weighted by Crippen LogP contribution is 2.38. The van der Waals surface area contributed by atoms with Crippen LogP contribution in [0.4, 0.5) is 0 Å². The normalized spacial score (nSPS) is 25.0. The molecular formula is C22H29N3O3. The van der Waals surface area contributed by atoms with Gasteiger partial charge in [-0.3, -0.25) is 9.59 Å². The van der Waals surface area contributed by atoms with Gasteiger partial charge in [0.05, 0.1) is 12.1 Å². The summed E-state index contributed by atoms with van der Waals surface area (Å²) < 4.78 is 1.80. The van der Waals surface area contributed by atoms with Crippen molar-refractivity contribution in [3.8, 4) is 0 Å². The van der Waals surface area contributed by atoms with Gasteiger partial charge in [0.25, 0.3) is 5.91 Å². The summed E-state index contributed by atoms with van der Waals surface area (Å²) in [4.78, 5) is 24.2. The number of aliphatic hydroxyl groups excluding tert-OH is 1. The van der Waals surface area contributed by atoms with Crippen LogP contribution in [0.2, 0.25) is 0 Å². The molecule has 0 bridgehead atoms. The summed E-state index contributed by atoms with van der Waals surface area (Å²) in [5.41, 5.74) is 1.49. The van der Waals surface area contributed by atoms with E-state index in [1.54, 1.807) is 10.6 Å². The lowest BCUT2D eigenvalue weighted by Gasteiger charge is -2.34. The average molecular weight is 383 g/mol. The van der Waals surface area contributed by atoms with Gasteiger partial charge in [0.2, 0.25) is 5.91 Å². The Hall–Kier alpha value is -2.60. The van der Waals surface area contributed by atoms with Gasteiger partial charge in [0, 0.05) is 32.1 Å². The zero-order valence-electron chi connectivity index (χ0n) is 16.5. The minimum atomic E-state index is -0.585. The first-order valence-corrected chi connectivity index (χ1v) is 9.81. The third-order valence-corrected chi connectivity index (χ3v) is 5.86. The van der Waals surface area contributed by atoms with Crippen LogP contribution in [0.5, 0.6) is 0 Å². The number of nitrogens with zero attached hydrogens (tertiary/aromatic N) is 1. The van der Waals surface area contributed by atoms with Crippen molar-refractivity contribution in [3.05, 3.63) is 59.9 Å². The number of aliphatic hydroxyl groups is 1. The van der Waals surface area contributed by atoms with E-state index in [1.165, 1.54) is 6.92 Å². The SMILES string of the molecule is CC(=O)N[C@H]1CC[C@](CNC(=O)c2cccn2C)(c2ccccc2)CC[C@@H]1O. The van der Waals surface area contributed by atoms with Gasteiger partial charge in [-0.25, -0.2) is 0 Å². The molecule has 0 radical (unpaired) electrons. The van der Waals surface area contributed by atoms with Gasteiger partial charge in [-0.2, -0.15) is 0 Å². The highest BCUT2D eigenvalue weighted by molar-refractivity contribution is 5.92. The van der Waals surface area contributed by atoms with E-state index >= 15 is 0 Å². The zero-order chi connectivity index (χ0) is 20.1. The van der Waals surface area contributed by atoms with E-state index in [2.05, 4.69) is 22.8 Å². The van der Waals surface area contributed by atoms with Crippen molar-refractivity contribution in [1.29, 1.82) is 0 Å². The van der Waals surface area contributed by atoms with Gasteiger partial charge in [-0.1, -0.05) is 30.3 Å². The molecule has 1 saturated carbocycles. The van der Waals surface area contributed by atoms with Crippen LogP contribution >= 0.6 is 0 Å². The monoisotopic (exact) mass is 383 g/mol. The smallest absolute Gasteiger partial charge is 0.267 e. The largest absolute Gasteiger partial charge is 0.391 e. The van der Waals surface area contributed by atoms with Crippen molar-refractivity contribution in [2.75, 3.05) is 6.54 Å². The number of carbonyl (C=O) groups is 2. The van der Waals surface area contributed by atoms with Crippen molar-refractivity contribution < 1.29 is 14.7 Å². The van der Waals surface area contributed by atoms with Gasteiger partial charge in [0.1, 0.15) is 5.69 Å². The number of rotatable bonds is 5. The molecule has 1 heterocycles. The average Bonchev–Trinajstić information content (AvgIpc) is 3.05. The van der Waals surface area contributed by atoms with Gasteiger partial charge in [-0.05, 0) is 43.4 Å². The Morgan fingerprint density at radius 2 is 1.86 bits per heavy atom. The molecule has 0 spiro atoms. The molecule has 2 amide bonds. The van der Waals surface area contributed by atoms with Crippen LogP contribution in [0.1, 0.15) is 48.7 Å². The summed E-state index contributed by atoms with van der Waals surface area (Å²) in [6.07, 6.45) is 4.00. The van der Waals surface area contributed by atoms with Crippen LogP contribution in [0.15, 0.2) is 48.7 Å². The molecule has 0 unspecified atom stereocenters. The molecule has 2 aromatic rings. The fraction of sp³-hybridized carbons (Fsp3) is 0.455. The fourth-order valence-corrected chi connectivity index (χ4v) is 4.20. The molecule has 3 rings (SSSR count). The molecule has 1 aromatic heterocycles. The Labute approximate surface area is 165 Å². The number of hydrogen-bond acceptors (Lipinski definition) is 3. The van der Waals surface area contributed by atoms with Crippen molar-refractivity contribution in [2.45, 2.75) is 50.2 Å². The number of amides is 2. The van der Waals surface area contributed by atoms with E-state index in [-0.39, 0.29) is 23.3 Å². The molecule has 28 heavy (non-hydrogen) atoms. The lowest BCUT2D eigenvalue weighted by atomic mass is 9.74. The Balaban J connectivity index is 1.82. The van der Waals surface area contributed by atoms with Crippen LogP contribution in [0.25, 0.3) is 0 Å². The molecule has 1 aromatic carbocycles. The third-order valence-electron chi connectivity index (χ3n) is 5.86. The molecule has 3 atom stereocenters. The molecule has 1 aliphatic rings. The van der Waals surface area contributed by atoms with Crippen LogP contribution in [0.3, 0.4) is 0 Å². The number of hydrogen-bond donors (Lipinski definition) is 3. The summed E-state index contributed by atoms with van der Waals surface area (Å²) in [5.74, 6) is -0.237. The van der Waals surface area contributed by atoms with Crippen molar-refractivity contribution >= 4 is 11.8 Å². The minimum absolute atomic E-state index is 0.106. The van der Waals surface area contributed by atoms with Crippen molar-refractivity contribution in [1.82, 2.24) is 15.2 Å². The molecule has 6 heteroatoms. The molecule has 0 saturated heterocycles. The third kappa shape index (κ3) is 4.44. The van der Waals surface area contributed by atoms with Crippen LogP contribution < -0.4 is 10.6 Å². The van der Waals surface area contributed by atoms with Gasteiger partial charge < -0.3 is 20.3 Å². The number of aromatic nitrogens is 1. The van der Waals surface area contributed by atoms with E-state index in [1.807, 2.05) is 37.5 Å². The van der Waals surface area contributed by atoms with Gasteiger partial charge in [0.15, 0.2) is 0 Å². The predicted molar refractivity (Wildman–Crippen MR) is 108 cm³/mol. The van der Waals surface area contributed by atoms with Crippen molar-refractivity contribution in [2.24, 2.45) is 7.05 Å². The Morgan fingerprint density at radius 3 is 2.50 bits per heavy atom. The maximum atomic E-state index is 12.7. The second-order valence-corrected chi connectivity index (χ2v) is 7.79. The highest BCUT2D eigenvalue weighted by atomic mass is 16.3. The summed E-state index contributed by atoms with van der Waals surface area (Å²) >= 11 is 0. The summed E-state index contributed by atoms with van der Waals surface area (Å²) in [6, 6.07) is 13.5. The van der Waals surface area contributed by atoms with E-state index in [0.717, 1.165) is 18.4 Å². The molecule has 150 valence electrons. The van der Waals surface area contributed by atoms with Gasteiger partial charge in [-0.15, -0.1) is 0 Å². The first kappa shape index (κ1) is 20.1. The quantitative estimate of drug-likeness (QED) is 0.692. The first-order valence-electron chi connectivity index (χ1n) is 9.81. The number of nitrogens with one attached hydrogen (secondary N) is 2. The summed E-state index contributed by atoms with van der Waals surface area (Å²) in [5, 5.41) is 16.5. The maximum Gasteiger partial charge on any atom is 0.267 e. The lowest BCUT2D eigenvalue weighted by Crippen LogP contribution is -2.42. The molecule has 1 fully saturated rings. The molecule has 0 aliphatic heterocycles. The number of aryl methyl sites for hydroxylation is 1. The number of carbonyl (C=O) groups excluding carboxylic acids is 2. The highest BCUT2D eigenvalue weighted by Gasteiger charge is 2.38. The predicted octanol–water partition coefficient (Wildman–Crippen LogP) is 2.13. The van der Waals surface area contributed by atoms with E-state index in [9.17, 15) is 14.7 Å². The zero-order valence-corrected chi connectivity index (χ0v) is 16.5. The van der Waals surface area contributed by atoms with Crippen LogP contribution in [-0.2, 0) is 17.3 Å². The van der Waals surface area contributed by atoms with Crippen LogP contribution in [0, 0.1) is 0 Å². The van der Waals surface area contributed by atoms with E-state index in [4.69, 9.17) is 0 Å². The van der Waals surface area contributed by atoms with Gasteiger partial charge >= 0.3 is 0 Å². The van der Waals surface area contributed by atoms with Crippen LogP contribution in [-0.4, -0.2) is 40.2 Å². The summed E-state index contributed by atoms with van der Waals surface area (Å²) in [7, 11) is 1.85. The Bertz CT molecular complexity index is 817. The Morgan fingerprint density at radius 1 is 1.14 bits per heavy atom. The molecular weight excluding hydrogens is 354 g/mol. The number of benzene rings is 1. The summed E-state index contributed by atoms with van der Waals surface area (Å²) in [6.45, 7) is 1.96.